The number of carbonyl (C=O) groups is 1. The van der Waals surface area contributed by atoms with E-state index in [9.17, 15) is 4.79 Å². The zero-order chi connectivity index (χ0) is 15.4. The van der Waals surface area contributed by atoms with Gasteiger partial charge >= 0.3 is 0 Å². The molecule has 0 aliphatic rings. The van der Waals surface area contributed by atoms with Crippen molar-refractivity contribution in [3.63, 3.8) is 0 Å². The first-order valence-electron chi connectivity index (χ1n) is 6.34. The van der Waals surface area contributed by atoms with Crippen molar-refractivity contribution < 1.29 is 19.7 Å². The zero-order valence-corrected chi connectivity index (χ0v) is 13.3. The van der Waals surface area contributed by atoms with Crippen LogP contribution in [0.2, 0.25) is 5.02 Å². The van der Waals surface area contributed by atoms with Crippen molar-refractivity contribution in [1.82, 2.24) is 0 Å². The van der Waals surface area contributed by atoms with Gasteiger partial charge in [0.15, 0.2) is 0 Å². The molecule has 0 heterocycles. The van der Waals surface area contributed by atoms with Crippen LogP contribution in [-0.2, 0) is 0 Å². The number of amides is 1. The summed E-state index contributed by atoms with van der Waals surface area (Å²) in [6.07, 6.45) is 0. The summed E-state index contributed by atoms with van der Waals surface area (Å²) in [4.78, 5) is 12.3. The van der Waals surface area contributed by atoms with E-state index >= 15 is 0 Å². The molecule has 0 saturated heterocycles. The standard InChI is InChI=1S/C16H16ClNO3.H2O/c1-10-4-5-12(17)8-15(10)18-16(19)11-6-13(20-2)9-14(7-11)21-3;/h4-9H,1-3H3,(H,18,19);1H2. The molecular formula is C16H18ClNO4. The number of hydrogen-bond donors (Lipinski definition) is 1. The largest absolute Gasteiger partial charge is 0.497 e. The number of methoxy groups -OCH3 is 2. The van der Waals surface area contributed by atoms with Gasteiger partial charge in [-0.3, -0.25) is 4.79 Å². The average Bonchev–Trinajstić information content (AvgIpc) is 2.50. The lowest BCUT2D eigenvalue weighted by Gasteiger charge is -2.11. The molecule has 3 N–H and O–H groups in total. The molecule has 5 nitrogen and oxygen atoms in total. The molecule has 118 valence electrons. The Bertz CT molecular complexity index is 651. The minimum Gasteiger partial charge on any atom is -0.497 e. The monoisotopic (exact) mass is 323 g/mol. The lowest BCUT2D eigenvalue weighted by Crippen LogP contribution is -2.13. The normalized spacial score (nSPS) is 9.64. The van der Waals surface area contributed by atoms with Crippen LogP contribution in [0.1, 0.15) is 15.9 Å². The van der Waals surface area contributed by atoms with Crippen molar-refractivity contribution >= 4 is 23.2 Å². The van der Waals surface area contributed by atoms with Crippen LogP contribution in [0, 0.1) is 6.92 Å². The third-order valence-electron chi connectivity index (χ3n) is 3.06. The summed E-state index contributed by atoms with van der Waals surface area (Å²) in [5.41, 5.74) is 2.06. The van der Waals surface area contributed by atoms with Crippen molar-refractivity contribution in [1.29, 1.82) is 0 Å². The maximum absolute atomic E-state index is 12.3. The summed E-state index contributed by atoms with van der Waals surface area (Å²) in [5.74, 6) is 0.863. The van der Waals surface area contributed by atoms with Crippen LogP contribution in [0.25, 0.3) is 0 Å². The molecule has 0 aliphatic carbocycles. The van der Waals surface area contributed by atoms with Crippen molar-refractivity contribution in [2.45, 2.75) is 6.92 Å². The second-order valence-electron chi connectivity index (χ2n) is 4.51. The van der Waals surface area contributed by atoms with Crippen molar-refractivity contribution in [2.24, 2.45) is 0 Å². The number of ether oxygens (including phenoxy) is 2. The second-order valence-corrected chi connectivity index (χ2v) is 4.95. The average molecular weight is 324 g/mol. The quantitative estimate of drug-likeness (QED) is 0.939. The van der Waals surface area contributed by atoms with Gasteiger partial charge in [0.05, 0.1) is 14.2 Å². The van der Waals surface area contributed by atoms with Gasteiger partial charge in [0.25, 0.3) is 5.91 Å². The molecule has 0 spiro atoms. The van der Waals surface area contributed by atoms with Gasteiger partial charge in [-0.2, -0.15) is 0 Å². The van der Waals surface area contributed by atoms with Crippen LogP contribution >= 0.6 is 11.6 Å². The lowest BCUT2D eigenvalue weighted by molar-refractivity contribution is 0.102. The number of halogens is 1. The van der Waals surface area contributed by atoms with Gasteiger partial charge in [-0.25, -0.2) is 0 Å². The van der Waals surface area contributed by atoms with E-state index in [1.165, 1.54) is 14.2 Å². The van der Waals surface area contributed by atoms with Gasteiger partial charge in [-0.1, -0.05) is 17.7 Å². The number of rotatable bonds is 4. The van der Waals surface area contributed by atoms with Gasteiger partial charge in [-0.05, 0) is 36.8 Å². The Balaban J connectivity index is 0.00000242. The lowest BCUT2D eigenvalue weighted by atomic mass is 10.1. The van der Waals surface area contributed by atoms with Crippen LogP contribution in [0.15, 0.2) is 36.4 Å². The molecule has 0 fully saturated rings. The maximum Gasteiger partial charge on any atom is 0.255 e. The fraction of sp³-hybridized carbons (Fsp3) is 0.188. The summed E-state index contributed by atoms with van der Waals surface area (Å²) in [5, 5.41) is 3.40. The van der Waals surface area contributed by atoms with Crippen LogP contribution in [0.4, 0.5) is 5.69 Å². The highest BCUT2D eigenvalue weighted by Gasteiger charge is 2.11. The number of aryl methyl sites for hydroxylation is 1. The molecular weight excluding hydrogens is 306 g/mol. The first-order chi connectivity index (χ1) is 10.0. The highest BCUT2D eigenvalue weighted by Crippen LogP contribution is 2.25. The molecule has 22 heavy (non-hydrogen) atoms. The summed E-state index contributed by atoms with van der Waals surface area (Å²) < 4.78 is 10.3. The van der Waals surface area contributed by atoms with E-state index < -0.39 is 0 Å². The van der Waals surface area contributed by atoms with Crippen molar-refractivity contribution in [3.8, 4) is 11.5 Å². The number of nitrogens with one attached hydrogen (secondary N) is 1. The van der Waals surface area contributed by atoms with E-state index in [-0.39, 0.29) is 11.4 Å². The second kappa shape index (κ2) is 7.68. The Morgan fingerprint density at radius 2 is 1.64 bits per heavy atom. The van der Waals surface area contributed by atoms with Gasteiger partial charge in [0, 0.05) is 22.3 Å². The predicted molar refractivity (Wildman–Crippen MR) is 87.3 cm³/mol. The van der Waals surface area contributed by atoms with Crippen LogP contribution < -0.4 is 14.8 Å². The van der Waals surface area contributed by atoms with Crippen molar-refractivity contribution in [3.05, 3.63) is 52.5 Å². The van der Waals surface area contributed by atoms with Crippen LogP contribution in [-0.4, -0.2) is 25.6 Å². The molecule has 0 atom stereocenters. The summed E-state index contributed by atoms with van der Waals surface area (Å²) in [6.45, 7) is 1.90. The summed E-state index contributed by atoms with van der Waals surface area (Å²) >= 11 is 5.95. The highest BCUT2D eigenvalue weighted by molar-refractivity contribution is 6.31. The SMILES string of the molecule is COc1cc(OC)cc(C(=O)Nc2cc(Cl)ccc2C)c1.O. The molecule has 0 saturated carbocycles. The third kappa shape index (κ3) is 4.13. The fourth-order valence-corrected chi connectivity index (χ4v) is 2.03. The van der Waals surface area contributed by atoms with E-state index in [1.54, 1.807) is 30.3 Å². The zero-order valence-electron chi connectivity index (χ0n) is 12.6. The summed E-state index contributed by atoms with van der Waals surface area (Å²) in [7, 11) is 3.08. The molecule has 0 bridgehead atoms. The molecule has 1 amide bonds. The maximum atomic E-state index is 12.3. The van der Waals surface area contributed by atoms with Crippen LogP contribution in [0.5, 0.6) is 11.5 Å². The molecule has 0 radical (unpaired) electrons. The Kier molecular flexibility index (Phi) is 6.22. The fourth-order valence-electron chi connectivity index (χ4n) is 1.86. The van der Waals surface area contributed by atoms with E-state index in [1.807, 2.05) is 13.0 Å². The van der Waals surface area contributed by atoms with Gasteiger partial charge in [0.1, 0.15) is 11.5 Å². The minimum atomic E-state index is -0.252. The van der Waals surface area contributed by atoms with E-state index in [2.05, 4.69) is 5.32 Å². The molecule has 2 aromatic rings. The molecule has 0 aromatic heterocycles. The molecule has 0 aliphatic heterocycles. The first kappa shape index (κ1) is 17.8. The smallest absolute Gasteiger partial charge is 0.255 e. The molecule has 2 aromatic carbocycles. The van der Waals surface area contributed by atoms with E-state index in [0.29, 0.717) is 27.8 Å². The Morgan fingerprint density at radius 1 is 1.05 bits per heavy atom. The van der Waals surface area contributed by atoms with E-state index in [4.69, 9.17) is 21.1 Å². The third-order valence-corrected chi connectivity index (χ3v) is 3.30. The summed E-state index contributed by atoms with van der Waals surface area (Å²) in [6, 6.07) is 10.4. The first-order valence-corrected chi connectivity index (χ1v) is 6.72. The highest BCUT2D eigenvalue weighted by atomic mass is 35.5. The Morgan fingerprint density at radius 3 is 2.18 bits per heavy atom. The minimum absolute atomic E-state index is 0. The number of hydrogen-bond acceptors (Lipinski definition) is 3. The van der Waals surface area contributed by atoms with E-state index in [0.717, 1.165) is 5.56 Å². The molecule has 6 heteroatoms. The molecule has 2 rings (SSSR count). The number of anilines is 1. The predicted octanol–water partition coefficient (Wildman–Crippen LogP) is 3.09. The Labute approximate surface area is 134 Å². The number of benzene rings is 2. The number of carbonyl (C=O) groups excluding carboxylic acids is 1. The van der Waals surface area contributed by atoms with Crippen molar-refractivity contribution in [2.75, 3.05) is 19.5 Å². The molecule has 0 unspecified atom stereocenters. The topological polar surface area (TPSA) is 79.1 Å². The van der Waals surface area contributed by atoms with Gasteiger partial charge in [-0.15, -0.1) is 0 Å². The Hall–Kier alpha value is -2.24. The van der Waals surface area contributed by atoms with Gasteiger partial charge in [0.2, 0.25) is 0 Å². The van der Waals surface area contributed by atoms with Crippen LogP contribution in [0.3, 0.4) is 0 Å². The van der Waals surface area contributed by atoms with Gasteiger partial charge < -0.3 is 20.3 Å².